The second kappa shape index (κ2) is 9.89. The number of nitrogens with zero attached hydrogens (tertiary/aromatic N) is 3. The zero-order valence-electron chi connectivity index (χ0n) is 17.3. The molecule has 1 aromatic heterocycles. The maximum absolute atomic E-state index is 12.5. The molecule has 0 radical (unpaired) electrons. The van der Waals surface area contributed by atoms with Gasteiger partial charge >= 0.3 is 0 Å². The predicted molar refractivity (Wildman–Crippen MR) is 129 cm³/mol. The first-order chi connectivity index (χ1) is 15.6. The molecule has 0 unspecified atom stereocenters. The Bertz CT molecular complexity index is 1240. The molecule has 0 saturated carbocycles. The van der Waals surface area contributed by atoms with E-state index >= 15 is 0 Å². The number of nitrogens with one attached hydrogen (secondary N) is 1. The summed E-state index contributed by atoms with van der Waals surface area (Å²) in [5, 5.41) is 22.4. The van der Waals surface area contributed by atoms with Gasteiger partial charge in [0.15, 0.2) is 11.0 Å². The van der Waals surface area contributed by atoms with Crippen LogP contribution in [0, 0.1) is 0 Å². The van der Waals surface area contributed by atoms with Crippen molar-refractivity contribution in [2.24, 2.45) is 0 Å². The fraction of sp³-hybridized carbons (Fsp3) is 0.125. The number of carbonyl (C=O) groups excluding carboxylic acids is 1. The van der Waals surface area contributed by atoms with Crippen LogP contribution in [0.1, 0.15) is 12.5 Å². The van der Waals surface area contributed by atoms with E-state index < -0.39 is 0 Å². The van der Waals surface area contributed by atoms with E-state index in [1.165, 1.54) is 11.8 Å². The van der Waals surface area contributed by atoms with Gasteiger partial charge in [-0.1, -0.05) is 60.6 Å². The van der Waals surface area contributed by atoms with E-state index in [4.69, 9.17) is 11.6 Å². The molecule has 4 aromatic rings. The number of amides is 1. The first-order valence-electron chi connectivity index (χ1n) is 10.1. The quantitative estimate of drug-likeness (QED) is 0.349. The van der Waals surface area contributed by atoms with Gasteiger partial charge in [-0.25, -0.2) is 0 Å². The summed E-state index contributed by atoms with van der Waals surface area (Å²) in [6, 6.07) is 22.0. The minimum absolute atomic E-state index is 0.146. The van der Waals surface area contributed by atoms with Gasteiger partial charge in [0.1, 0.15) is 5.75 Å². The Labute approximate surface area is 195 Å². The van der Waals surface area contributed by atoms with Crippen LogP contribution in [0.2, 0.25) is 5.02 Å². The highest BCUT2D eigenvalue weighted by molar-refractivity contribution is 7.99. The number of benzene rings is 3. The van der Waals surface area contributed by atoms with Gasteiger partial charge in [-0.05, 0) is 54.4 Å². The third-order valence-electron chi connectivity index (χ3n) is 4.85. The van der Waals surface area contributed by atoms with E-state index in [1.807, 2.05) is 34.9 Å². The number of hydrogen-bond donors (Lipinski definition) is 2. The molecule has 0 saturated heterocycles. The lowest BCUT2D eigenvalue weighted by molar-refractivity contribution is -0.113. The standard InChI is InChI=1S/C24H21ClN4O2S/c1-2-16-7-3-6-10-21(16)29-23(17-11-13-18(30)14-12-17)27-28-24(29)32-15-22(31)26-20-9-5-4-8-19(20)25/h3-14,30H,2,15H2,1H3,(H,26,31). The number of thioether (sulfide) groups is 1. The highest BCUT2D eigenvalue weighted by atomic mass is 35.5. The summed E-state index contributed by atoms with van der Waals surface area (Å²) in [5.41, 5.74) is 3.47. The second-order valence-electron chi connectivity index (χ2n) is 6.99. The predicted octanol–water partition coefficient (Wildman–Crippen LogP) is 5.59. The van der Waals surface area contributed by atoms with Crippen LogP contribution in [0.15, 0.2) is 78.0 Å². The van der Waals surface area contributed by atoms with Crippen molar-refractivity contribution in [2.45, 2.75) is 18.5 Å². The van der Waals surface area contributed by atoms with Gasteiger partial charge in [0.05, 0.1) is 22.2 Å². The number of phenolic OH excluding ortho intramolecular Hbond substituents is 1. The number of aromatic nitrogens is 3. The van der Waals surface area contributed by atoms with Crippen LogP contribution in [0.5, 0.6) is 5.75 Å². The molecule has 0 atom stereocenters. The molecule has 3 aromatic carbocycles. The summed E-state index contributed by atoms with van der Waals surface area (Å²) < 4.78 is 1.96. The Morgan fingerprint density at radius 2 is 1.75 bits per heavy atom. The minimum Gasteiger partial charge on any atom is -0.508 e. The van der Waals surface area contributed by atoms with Crippen molar-refractivity contribution in [2.75, 3.05) is 11.1 Å². The van der Waals surface area contributed by atoms with Gasteiger partial charge in [0, 0.05) is 5.56 Å². The SMILES string of the molecule is CCc1ccccc1-n1c(SCC(=O)Nc2ccccc2Cl)nnc1-c1ccc(O)cc1. The van der Waals surface area contributed by atoms with E-state index in [-0.39, 0.29) is 17.4 Å². The molecule has 0 spiro atoms. The number of para-hydroxylation sites is 2. The molecular formula is C24H21ClN4O2S. The molecule has 0 aliphatic carbocycles. The van der Waals surface area contributed by atoms with Gasteiger partial charge in [0.2, 0.25) is 5.91 Å². The molecule has 32 heavy (non-hydrogen) atoms. The lowest BCUT2D eigenvalue weighted by atomic mass is 10.1. The van der Waals surface area contributed by atoms with Crippen molar-refractivity contribution in [1.29, 1.82) is 0 Å². The first-order valence-corrected chi connectivity index (χ1v) is 11.4. The Hall–Kier alpha value is -3.29. The average molecular weight is 465 g/mol. The average Bonchev–Trinajstić information content (AvgIpc) is 3.23. The minimum atomic E-state index is -0.187. The van der Waals surface area contributed by atoms with E-state index in [2.05, 4.69) is 28.5 Å². The number of carbonyl (C=O) groups is 1. The molecule has 6 nitrogen and oxygen atoms in total. The number of aryl methyl sites for hydroxylation is 1. The van der Waals surface area contributed by atoms with Gasteiger partial charge in [-0.3, -0.25) is 9.36 Å². The highest BCUT2D eigenvalue weighted by Crippen LogP contribution is 2.31. The van der Waals surface area contributed by atoms with Crippen LogP contribution in [-0.2, 0) is 11.2 Å². The van der Waals surface area contributed by atoms with Gasteiger partial charge in [-0.2, -0.15) is 0 Å². The molecule has 0 aliphatic rings. The van der Waals surface area contributed by atoms with Gasteiger partial charge < -0.3 is 10.4 Å². The summed E-state index contributed by atoms with van der Waals surface area (Å²) in [7, 11) is 0. The topological polar surface area (TPSA) is 80.0 Å². The molecule has 8 heteroatoms. The molecule has 162 valence electrons. The molecule has 0 fully saturated rings. The monoisotopic (exact) mass is 464 g/mol. The van der Waals surface area contributed by atoms with Crippen molar-refractivity contribution in [3.63, 3.8) is 0 Å². The van der Waals surface area contributed by atoms with Crippen LogP contribution in [0.25, 0.3) is 17.1 Å². The molecule has 4 rings (SSSR count). The molecule has 0 aliphatic heterocycles. The zero-order chi connectivity index (χ0) is 22.5. The van der Waals surface area contributed by atoms with Crippen molar-refractivity contribution < 1.29 is 9.90 Å². The normalized spacial score (nSPS) is 10.8. The Morgan fingerprint density at radius 1 is 1.03 bits per heavy atom. The van der Waals surface area contributed by atoms with Crippen LogP contribution >= 0.6 is 23.4 Å². The maximum atomic E-state index is 12.5. The molecule has 2 N–H and O–H groups in total. The van der Waals surface area contributed by atoms with Crippen molar-refractivity contribution >= 4 is 35.0 Å². The highest BCUT2D eigenvalue weighted by Gasteiger charge is 2.19. The van der Waals surface area contributed by atoms with Crippen molar-refractivity contribution in [1.82, 2.24) is 14.8 Å². The van der Waals surface area contributed by atoms with Crippen LogP contribution in [0.4, 0.5) is 5.69 Å². The largest absolute Gasteiger partial charge is 0.508 e. The number of rotatable bonds is 7. The summed E-state index contributed by atoms with van der Waals surface area (Å²) in [6.45, 7) is 2.09. The molecule has 1 heterocycles. The maximum Gasteiger partial charge on any atom is 0.234 e. The van der Waals surface area contributed by atoms with E-state index in [1.54, 1.807) is 36.4 Å². The Balaban J connectivity index is 1.65. The third-order valence-corrected chi connectivity index (χ3v) is 6.11. The lowest BCUT2D eigenvalue weighted by Gasteiger charge is -2.14. The summed E-state index contributed by atoms with van der Waals surface area (Å²) >= 11 is 7.44. The van der Waals surface area contributed by atoms with Gasteiger partial charge in [-0.15, -0.1) is 10.2 Å². The van der Waals surface area contributed by atoms with Gasteiger partial charge in [0.25, 0.3) is 0 Å². The Kier molecular flexibility index (Phi) is 6.78. The number of anilines is 1. The summed E-state index contributed by atoms with van der Waals surface area (Å²) in [5.74, 6) is 0.778. The molecule has 0 bridgehead atoms. The van der Waals surface area contributed by atoms with Crippen molar-refractivity contribution in [3.05, 3.63) is 83.4 Å². The first kappa shape index (κ1) is 21.9. The van der Waals surface area contributed by atoms with E-state index in [0.717, 1.165) is 23.2 Å². The number of phenols is 1. The lowest BCUT2D eigenvalue weighted by Crippen LogP contribution is -2.15. The zero-order valence-corrected chi connectivity index (χ0v) is 18.9. The molecular weight excluding hydrogens is 444 g/mol. The summed E-state index contributed by atoms with van der Waals surface area (Å²) in [4.78, 5) is 12.5. The second-order valence-corrected chi connectivity index (χ2v) is 8.34. The smallest absolute Gasteiger partial charge is 0.234 e. The van der Waals surface area contributed by atoms with E-state index in [9.17, 15) is 9.90 Å². The van der Waals surface area contributed by atoms with Crippen LogP contribution < -0.4 is 5.32 Å². The fourth-order valence-electron chi connectivity index (χ4n) is 3.28. The molecule has 1 amide bonds. The number of aromatic hydroxyl groups is 1. The number of halogens is 1. The Morgan fingerprint density at radius 3 is 2.50 bits per heavy atom. The van der Waals surface area contributed by atoms with E-state index in [0.29, 0.717) is 21.7 Å². The number of hydrogen-bond acceptors (Lipinski definition) is 5. The van der Waals surface area contributed by atoms with Crippen molar-refractivity contribution in [3.8, 4) is 22.8 Å². The van der Waals surface area contributed by atoms with Crippen LogP contribution in [0.3, 0.4) is 0 Å². The summed E-state index contributed by atoms with van der Waals surface area (Å²) in [6.07, 6.45) is 0.834. The van der Waals surface area contributed by atoms with Crippen LogP contribution in [-0.4, -0.2) is 31.5 Å². The fourth-order valence-corrected chi connectivity index (χ4v) is 4.21. The third kappa shape index (κ3) is 4.79.